The molecule has 17 heavy (non-hydrogen) atoms. The van der Waals surface area contributed by atoms with Crippen molar-refractivity contribution in [3.63, 3.8) is 0 Å². The van der Waals surface area contributed by atoms with Crippen LogP contribution in [0.4, 0.5) is 0 Å². The molecule has 1 rings (SSSR count). The third-order valence-electron chi connectivity index (χ3n) is 2.24. The van der Waals surface area contributed by atoms with Gasteiger partial charge in [-0.05, 0) is 30.9 Å². The molecule has 0 amide bonds. The van der Waals surface area contributed by atoms with E-state index < -0.39 is 0 Å². The molecular formula is C12H18ClNO2S. The molecule has 0 aliphatic heterocycles. The van der Waals surface area contributed by atoms with Gasteiger partial charge in [0.2, 0.25) is 0 Å². The minimum absolute atomic E-state index is 0. The zero-order valence-corrected chi connectivity index (χ0v) is 11.6. The molecule has 0 bridgehead atoms. The monoisotopic (exact) mass is 275 g/mol. The number of halogens is 1. The van der Waals surface area contributed by atoms with E-state index in [1.54, 1.807) is 18.7 Å². The number of benzene rings is 1. The van der Waals surface area contributed by atoms with E-state index in [-0.39, 0.29) is 30.8 Å². The highest BCUT2D eigenvalue weighted by Crippen LogP contribution is 2.19. The van der Waals surface area contributed by atoms with Crippen LogP contribution in [0.15, 0.2) is 29.2 Å². The molecular weight excluding hydrogens is 258 g/mol. The van der Waals surface area contributed by atoms with E-state index in [1.165, 1.54) is 4.90 Å². The van der Waals surface area contributed by atoms with E-state index in [1.807, 2.05) is 30.5 Å². The summed E-state index contributed by atoms with van der Waals surface area (Å²) in [5.74, 6) is -0.246. The van der Waals surface area contributed by atoms with Gasteiger partial charge in [-0.2, -0.15) is 0 Å². The maximum atomic E-state index is 11.2. The van der Waals surface area contributed by atoms with Crippen LogP contribution in [0.5, 0.6) is 0 Å². The Morgan fingerprint density at radius 1 is 1.41 bits per heavy atom. The lowest BCUT2D eigenvalue weighted by molar-refractivity contribution is -0.143. The first kappa shape index (κ1) is 16.3. The van der Waals surface area contributed by atoms with Crippen molar-refractivity contribution in [2.45, 2.75) is 24.3 Å². The van der Waals surface area contributed by atoms with E-state index in [4.69, 9.17) is 10.5 Å². The summed E-state index contributed by atoms with van der Waals surface area (Å²) in [5, 5.41) is 0. The van der Waals surface area contributed by atoms with E-state index in [2.05, 4.69) is 0 Å². The summed E-state index contributed by atoms with van der Waals surface area (Å²) in [6, 6.07) is 7.64. The van der Waals surface area contributed by atoms with E-state index in [0.29, 0.717) is 6.61 Å². The van der Waals surface area contributed by atoms with Gasteiger partial charge in [0.25, 0.3) is 0 Å². The number of esters is 1. The predicted molar refractivity (Wildman–Crippen MR) is 73.6 cm³/mol. The van der Waals surface area contributed by atoms with Gasteiger partial charge in [-0.1, -0.05) is 12.1 Å². The first-order chi connectivity index (χ1) is 7.67. The topological polar surface area (TPSA) is 52.3 Å². The van der Waals surface area contributed by atoms with Crippen molar-refractivity contribution < 1.29 is 9.53 Å². The Morgan fingerprint density at radius 3 is 2.47 bits per heavy atom. The van der Waals surface area contributed by atoms with E-state index in [0.717, 1.165) is 5.56 Å². The second-order valence-corrected chi connectivity index (χ2v) is 4.27. The second kappa shape index (κ2) is 8.39. The number of carbonyl (C=O) groups is 1. The van der Waals surface area contributed by atoms with Crippen LogP contribution in [0.3, 0.4) is 0 Å². The molecule has 0 heterocycles. The molecule has 0 radical (unpaired) electrons. The molecule has 0 aliphatic carbocycles. The van der Waals surface area contributed by atoms with Crippen LogP contribution in [-0.2, 0) is 9.53 Å². The maximum absolute atomic E-state index is 11.2. The van der Waals surface area contributed by atoms with Crippen molar-refractivity contribution in [2.24, 2.45) is 5.73 Å². The number of hydrogen-bond donors (Lipinski definition) is 1. The molecule has 0 fully saturated rings. The average Bonchev–Trinajstić information content (AvgIpc) is 2.29. The van der Waals surface area contributed by atoms with Crippen LogP contribution in [-0.4, -0.2) is 18.8 Å². The lowest BCUT2D eigenvalue weighted by atomic mass is 10.1. The number of thioether (sulfide) groups is 1. The van der Waals surface area contributed by atoms with Crippen molar-refractivity contribution in [2.75, 3.05) is 12.9 Å². The van der Waals surface area contributed by atoms with Gasteiger partial charge in [-0.15, -0.1) is 24.2 Å². The number of ether oxygens (including phenoxy) is 1. The first-order valence-electron chi connectivity index (χ1n) is 5.22. The second-order valence-electron chi connectivity index (χ2n) is 3.39. The zero-order chi connectivity index (χ0) is 12.0. The fourth-order valence-electron chi connectivity index (χ4n) is 1.37. The van der Waals surface area contributed by atoms with Gasteiger partial charge in [0.05, 0.1) is 13.0 Å². The molecule has 0 saturated heterocycles. The highest BCUT2D eigenvalue weighted by atomic mass is 35.5. The molecule has 3 nitrogen and oxygen atoms in total. The standard InChI is InChI=1S/C12H17NO2S.ClH/c1-3-15-12(14)8-11(13)9-4-6-10(16-2)7-5-9;/h4-7,11H,3,8,13H2,1-2H3;1H/t11-;/m0./s1. The third-order valence-corrected chi connectivity index (χ3v) is 2.98. The Kier molecular flexibility index (Phi) is 8.04. The largest absolute Gasteiger partial charge is 0.466 e. The van der Waals surface area contributed by atoms with Crippen molar-refractivity contribution >= 4 is 30.1 Å². The van der Waals surface area contributed by atoms with Crippen molar-refractivity contribution in [3.8, 4) is 0 Å². The van der Waals surface area contributed by atoms with Gasteiger partial charge >= 0.3 is 5.97 Å². The molecule has 0 saturated carbocycles. The highest BCUT2D eigenvalue weighted by Gasteiger charge is 2.12. The van der Waals surface area contributed by atoms with Gasteiger partial charge in [-0.3, -0.25) is 4.79 Å². The Bertz CT molecular complexity index is 343. The number of hydrogen-bond acceptors (Lipinski definition) is 4. The van der Waals surface area contributed by atoms with Crippen molar-refractivity contribution in [1.82, 2.24) is 0 Å². The summed E-state index contributed by atoms with van der Waals surface area (Å²) < 4.78 is 4.86. The lowest BCUT2D eigenvalue weighted by Crippen LogP contribution is -2.17. The molecule has 1 atom stereocenters. The Hall–Kier alpha value is -0.710. The molecule has 2 N–H and O–H groups in total. The summed E-state index contributed by atoms with van der Waals surface area (Å²) in [7, 11) is 0. The van der Waals surface area contributed by atoms with Crippen molar-refractivity contribution in [1.29, 1.82) is 0 Å². The molecule has 5 heteroatoms. The molecule has 0 spiro atoms. The van der Waals surface area contributed by atoms with Crippen LogP contribution in [0.2, 0.25) is 0 Å². The van der Waals surface area contributed by atoms with Crippen molar-refractivity contribution in [3.05, 3.63) is 29.8 Å². The SMILES string of the molecule is CCOC(=O)C[C@H](N)c1ccc(SC)cc1.Cl. The summed E-state index contributed by atoms with van der Waals surface area (Å²) in [4.78, 5) is 12.4. The smallest absolute Gasteiger partial charge is 0.307 e. The average molecular weight is 276 g/mol. The van der Waals surface area contributed by atoms with Crippen LogP contribution in [0.25, 0.3) is 0 Å². The number of rotatable bonds is 5. The zero-order valence-electron chi connectivity index (χ0n) is 10.0. The highest BCUT2D eigenvalue weighted by molar-refractivity contribution is 7.98. The van der Waals surface area contributed by atoms with Gasteiger partial charge in [0.1, 0.15) is 0 Å². The van der Waals surface area contributed by atoms with E-state index >= 15 is 0 Å². The maximum Gasteiger partial charge on any atom is 0.307 e. The minimum atomic E-state index is -0.282. The molecule has 0 unspecified atom stereocenters. The predicted octanol–water partition coefficient (Wildman–Crippen LogP) is 2.78. The molecule has 1 aromatic rings. The van der Waals surface area contributed by atoms with Crippen LogP contribution in [0, 0.1) is 0 Å². The Labute approximate surface area is 113 Å². The molecule has 0 aliphatic rings. The van der Waals surface area contributed by atoms with E-state index in [9.17, 15) is 4.79 Å². The fourth-order valence-corrected chi connectivity index (χ4v) is 1.78. The molecule has 1 aromatic carbocycles. The fraction of sp³-hybridized carbons (Fsp3) is 0.417. The Morgan fingerprint density at radius 2 is 2.00 bits per heavy atom. The summed E-state index contributed by atoms with van der Waals surface area (Å²) in [6.45, 7) is 2.19. The van der Waals surface area contributed by atoms with Crippen LogP contribution in [0.1, 0.15) is 24.9 Å². The number of nitrogens with two attached hydrogens (primary N) is 1. The molecule has 96 valence electrons. The lowest BCUT2D eigenvalue weighted by Gasteiger charge is -2.11. The Balaban J connectivity index is 0.00000256. The van der Waals surface area contributed by atoms with Crippen LogP contribution >= 0.6 is 24.2 Å². The van der Waals surface area contributed by atoms with Gasteiger partial charge in [-0.25, -0.2) is 0 Å². The summed E-state index contributed by atoms with van der Waals surface area (Å²) in [6.07, 6.45) is 2.25. The first-order valence-corrected chi connectivity index (χ1v) is 6.45. The van der Waals surface area contributed by atoms with Gasteiger partial charge < -0.3 is 10.5 Å². The van der Waals surface area contributed by atoms with Gasteiger partial charge in [0.15, 0.2) is 0 Å². The third kappa shape index (κ3) is 5.44. The number of carbonyl (C=O) groups excluding carboxylic acids is 1. The summed E-state index contributed by atoms with van der Waals surface area (Å²) in [5.41, 5.74) is 6.87. The normalized spacial score (nSPS) is 11.5. The van der Waals surface area contributed by atoms with Crippen LogP contribution < -0.4 is 5.73 Å². The summed E-state index contributed by atoms with van der Waals surface area (Å²) >= 11 is 1.68. The van der Waals surface area contributed by atoms with Gasteiger partial charge in [0, 0.05) is 10.9 Å². The quantitative estimate of drug-likeness (QED) is 0.663. The molecule has 0 aromatic heterocycles. The minimum Gasteiger partial charge on any atom is -0.466 e.